The Kier molecular flexibility index (Phi) is 3.87. The van der Waals surface area contributed by atoms with E-state index < -0.39 is 5.60 Å². The monoisotopic (exact) mass is 289 g/mol. The van der Waals surface area contributed by atoms with Gasteiger partial charge < -0.3 is 9.84 Å². The van der Waals surface area contributed by atoms with Crippen molar-refractivity contribution in [2.75, 3.05) is 6.61 Å². The Morgan fingerprint density at radius 2 is 2.20 bits per heavy atom. The van der Waals surface area contributed by atoms with E-state index in [0.717, 1.165) is 16.3 Å². The van der Waals surface area contributed by atoms with Gasteiger partial charge in [-0.1, -0.05) is 30.3 Å². The number of hydrogen-bond donors (Lipinski definition) is 1. The van der Waals surface area contributed by atoms with Gasteiger partial charge in [-0.15, -0.1) is 11.3 Å². The topological polar surface area (TPSA) is 42.4 Å². The molecule has 0 radical (unpaired) electrons. The van der Waals surface area contributed by atoms with Crippen LogP contribution < -0.4 is 0 Å². The van der Waals surface area contributed by atoms with E-state index in [4.69, 9.17) is 4.74 Å². The van der Waals surface area contributed by atoms with E-state index in [1.807, 2.05) is 25.1 Å². The summed E-state index contributed by atoms with van der Waals surface area (Å²) in [7, 11) is 0. The second kappa shape index (κ2) is 5.64. The fraction of sp³-hybridized carbons (Fsp3) is 0.438. The molecule has 0 amide bonds. The lowest BCUT2D eigenvalue weighted by molar-refractivity contribution is -0.0961. The van der Waals surface area contributed by atoms with Crippen LogP contribution in [0.2, 0.25) is 0 Å². The van der Waals surface area contributed by atoms with Gasteiger partial charge in [-0.05, 0) is 6.92 Å². The number of thiazole rings is 1. The largest absolute Gasteiger partial charge is 0.389 e. The second-order valence-electron chi connectivity index (χ2n) is 5.53. The molecule has 1 aromatic heterocycles. The minimum Gasteiger partial charge on any atom is -0.389 e. The highest BCUT2D eigenvalue weighted by Gasteiger charge is 2.34. The molecule has 106 valence electrons. The highest BCUT2D eigenvalue weighted by atomic mass is 32.1. The Bertz CT molecular complexity index is 569. The predicted octanol–water partition coefficient (Wildman–Crippen LogP) is 3.28. The van der Waals surface area contributed by atoms with Gasteiger partial charge in [0.1, 0.15) is 0 Å². The SMILES string of the molecule is CC1CC(O)(Cc2nc(-c3ccccc3)cs2)CCO1. The summed E-state index contributed by atoms with van der Waals surface area (Å²) < 4.78 is 5.51. The fourth-order valence-corrected chi connectivity index (χ4v) is 3.66. The first-order chi connectivity index (χ1) is 9.65. The van der Waals surface area contributed by atoms with Gasteiger partial charge in [0, 0.05) is 36.8 Å². The van der Waals surface area contributed by atoms with E-state index in [1.165, 1.54) is 0 Å². The average Bonchev–Trinajstić information content (AvgIpc) is 2.87. The van der Waals surface area contributed by atoms with E-state index >= 15 is 0 Å². The first-order valence-corrected chi connectivity index (χ1v) is 7.86. The van der Waals surface area contributed by atoms with Crippen LogP contribution in [0.15, 0.2) is 35.7 Å². The van der Waals surface area contributed by atoms with Crippen molar-refractivity contribution in [3.63, 3.8) is 0 Å². The number of rotatable bonds is 3. The maximum Gasteiger partial charge on any atom is 0.0961 e. The number of aromatic nitrogens is 1. The number of benzene rings is 1. The third-order valence-electron chi connectivity index (χ3n) is 3.74. The number of nitrogens with zero attached hydrogens (tertiary/aromatic N) is 1. The minimum absolute atomic E-state index is 0.127. The van der Waals surface area contributed by atoms with Gasteiger partial charge in [0.2, 0.25) is 0 Å². The van der Waals surface area contributed by atoms with Gasteiger partial charge >= 0.3 is 0 Å². The summed E-state index contributed by atoms with van der Waals surface area (Å²) in [5, 5.41) is 13.7. The summed E-state index contributed by atoms with van der Waals surface area (Å²) in [6.07, 6.45) is 2.13. The summed E-state index contributed by atoms with van der Waals surface area (Å²) in [5.74, 6) is 0. The zero-order valence-electron chi connectivity index (χ0n) is 11.6. The maximum absolute atomic E-state index is 10.7. The number of aliphatic hydroxyl groups is 1. The third-order valence-corrected chi connectivity index (χ3v) is 4.59. The molecule has 0 aliphatic carbocycles. The van der Waals surface area contributed by atoms with Crippen molar-refractivity contribution >= 4 is 11.3 Å². The van der Waals surface area contributed by atoms with Crippen LogP contribution in [0.4, 0.5) is 0 Å². The molecule has 2 atom stereocenters. The van der Waals surface area contributed by atoms with E-state index in [9.17, 15) is 5.11 Å². The lowest BCUT2D eigenvalue weighted by Gasteiger charge is -2.35. The van der Waals surface area contributed by atoms with Crippen molar-refractivity contribution in [2.45, 2.75) is 37.9 Å². The van der Waals surface area contributed by atoms with Crippen LogP contribution in [-0.4, -0.2) is 28.4 Å². The van der Waals surface area contributed by atoms with E-state index in [-0.39, 0.29) is 6.10 Å². The van der Waals surface area contributed by atoms with Crippen LogP contribution in [-0.2, 0) is 11.2 Å². The van der Waals surface area contributed by atoms with Gasteiger partial charge in [-0.25, -0.2) is 4.98 Å². The molecule has 4 heteroatoms. The van der Waals surface area contributed by atoms with Crippen LogP contribution in [0.25, 0.3) is 11.3 Å². The van der Waals surface area contributed by atoms with Crippen molar-refractivity contribution < 1.29 is 9.84 Å². The normalized spacial score (nSPS) is 26.6. The molecular weight excluding hydrogens is 270 g/mol. The molecule has 1 saturated heterocycles. The van der Waals surface area contributed by atoms with Crippen LogP contribution in [0.3, 0.4) is 0 Å². The molecule has 1 fully saturated rings. The molecule has 1 aliphatic heterocycles. The molecule has 2 unspecified atom stereocenters. The molecule has 0 saturated carbocycles. The van der Waals surface area contributed by atoms with Gasteiger partial charge in [0.15, 0.2) is 0 Å². The predicted molar refractivity (Wildman–Crippen MR) is 80.9 cm³/mol. The van der Waals surface area contributed by atoms with Crippen LogP contribution in [0.5, 0.6) is 0 Å². The molecule has 2 heterocycles. The van der Waals surface area contributed by atoms with Crippen molar-refractivity contribution in [3.8, 4) is 11.3 Å². The molecule has 1 aliphatic rings. The van der Waals surface area contributed by atoms with Crippen molar-refractivity contribution in [3.05, 3.63) is 40.7 Å². The van der Waals surface area contributed by atoms with Crippen molar-refractivity contribution in [2.24, 2.45) is 0 Å². The molecular formula is C16H19NO2S. The molecule has 0 bridgehead atoms. The summed E-state index contributed by atoms with van der Waals surface area (Å²) in [6.45, 7) is 2.65. The molecule has 0 spiro atoms. The molecule has 1 N–H and O–H groups in total. The van der Waals surface area contributed by atoms with Crippen molar-refractivity contribution in [1.29, 1.82) is 0 Å². The Morgan fingerprint density at radius 3 is 2.95 bits per heavy atom. The van der Waals surface area contributed by atoms with Crippen LogP contribution in [0, 0.1) is 0 Å². The highest BCUT2D eigenvalue weighted by molar-refractivity contribution is 7.09. The van der Waals surface area contributed by atoms with Gasteiger partial charge in [0.25, 0.3) is 0 Å². The van der Waals surface area contributed by atoms with Crippen molar-refractivity contribution in [1.82, 2.24) is 4.98 Å². The van der Waals surface area contributed by atoms with E-state index in [2.05, 4.69) is 22.5 Å². The van der Waals surface area contributed by atoms with E-state index in [1.54, 1.807) is 11.3 Å². The zero-order chi connectivity index (χ0) is 14.0. The zero-order valence-corrected chi connectivity index (χ0v) is 12.4. The van der Waals surface area contributed by atoms with Gasteiger partial charge in [-0.3, -0.25) is 0 Å². The smallest absolute Gasteiger partial charge is 0.0961 e. The Morgan fingerprint density at radius 1 is 1.40 bits per heavy atom. The summed E-state index contributed by atoms with van der Waals surface area (Å²) >= 11 is 1.63. The lowest BCUT2D eigenvalue weighted by atomic mass is 9.88. The Labute approximate surface area is 123 Å². The first-order valence-electron chi connectivity index (χ1n) is 6.98. The third kappa shape index (κ3) is 3.08. The highest BCUT2D eigenvalue weighted by Crippen LogP contribution is 2.31. The Balaban J connectivity index is 1.74. The number of ether oxygens (including phenoxy) is 1. The molecule has 1 aromatic carbocycles. The number of hydrogen-bond acceptors (Lipinski definition) is 4. The second-order valence-corrected chi connectivity index (χ2v) is 6.47. The molecule has 3 nitrogen and oxygen atoms in total. The molecule has 3 rings (SSSR count). The Hall–Kier alpha value is -1.23. The van der Waals surface area contributed by atoms with Gasteiger partial charge in [0.05, 0.1) is 22.4 Å². The first kappa shape index (κ1) is 13.7. The summed E-state index contributed by atoms with van der Waals surface area (Å²) in [6, 6.07) is 10.2. The van der Waals surface area contributed by atoms with E-state index in [0.29, 0.717) is 25.9 Å². The standard InChI is InChI=1S/C16H19NO2S/c1-12-9-16(18,7-8-19-12)10-15-17-14(11-20-15)13-5-3-2-4-6-13/h2-6,11-12,18H,7-10H2,1H3. The lowest BCUT2D eigenvalue weighted by Crippen LogP contribution is -2.41. The fourth-order valence-electron chi connectivity index (χ4n) is 2.72. The molecule has 20 heavy (non-hydrogen) atoms. The van der Waals surface area contributed by atoms with Crippen LogP contribution >= 0.6 is 11.3 Å². The van der Waals surface area contributed by atoms with Crippen LogP contribution in [0.1, 0.15) is 24.8 Å². The van der Waals surface area contributed by atoms with Gasteiger partial charge in [-0.2, -0.15) is 0 Å². The summed E-state index contributed by atoms with van der Waals surface area (Å²) in [5.41, 5.74) is 1.46. The quantitative estimate of drug-likeness (QED) is 0.943. The maximum atomic E-state index is 10.7. The molecule has 2 aromatic rings. The average molecular weight is 289 g/mol. The minimum atomic E-state index is -0.663. The summed E-state index contributed by atoms with van der Waals surface area (Å²) in [4.78, 5) is 4.66.